The number of hydrogen-bond donors (Lipinski definition) is 2. The fourth-order valence-corrected chi connectivity index (χ4v) is 1.97. The first kappa shape index (κ1) is 8.42. The van der Waals surface area contributed by atoms with Crippen molar-refractivity contribution < 1.29 is 5.11 Å². The van der Waals surface area contributed by atoms with Crippen LogP contribution in [0.2, 0.25) is 0 Å². The first-order valence-electron chi connectivity index (χ1n) is 4.62. The Bertz CT molecular complexity index is 344. The highest BCUT2D eigenvalue weighted by Gasteiger charge is 2.38. The summed E-state index contributed by atoms with van der Waals surface area (Å²) in [5, 5.41) is 13.1. The van der Waals surface area contributed by atoms with Gasteiger partial charge < -0.3 is 10.4 Å². The van der Waals surface area contributed by atoms with Crippen LogP contribution in [0.4, 0.5) is 5.69 Å². The summed E-state index contributed by atoms with van der Waals surface area (Å²) < 4.78 is 0. The summed E-state index contributed by atoms with van der Waals surface area (Å²) in [5.74, 6) is 0.402. The van der Waals surface area contributed by atoms with E-state index in [4.69, 9.17) is 0 Å². The maximum Gasteiger partial charge on any atom is 0.121 e. The molecule has 1 heterocycles. The quantitative estimate of drug-likeness (QED) is 0.638. The highest BCUT2D eigenvalue weighted by Crippen LogP contribution is 2.44. The fourth-order valence-electron chi connectivity index (χ4n) is 1.97. The monoisotopic (exact) mass is 177 g/mol. The van der Waals surface area contributed by atoms with Gasteiger partial charge in [0.05, 0.1) is 0 Å². The van der Waals surface area contributed by atoms with E-state index in [0.717, 1.165) is 11.3 Å². The number of fused-ring (bicyclic) bond motifs is 1. The van der Waals surface area contributed by atoms with Gasteiger partial charge in [-0.25, -0.2) is 0 Å². The summed E-state index contributed by atoms with van der Waals surface area (Å²) in [7, 11) is 0. The van der Waals surface area contributed by atoms with Crippen LogP contribution in [0, 0.1) is 0 Å². The third-order valence-electron chi connectivity index (χ3n) is 3.14. The SMILES string of the molecule is CC1Nc2cccc(O)c2C1(C)C. The van der Waals surface area contributed by atoms with Crippen molar-refractivity contribution in [3.05, 3.63) is 23.8 Å². The van der Waals surface area contributed by atoms with E-state index >= 15 is 0 Å². The molecule has 1 aliphatic rings. The molecule has 1 atom stereocenters. The Morgan fingerprint density at radius 1 is 1.38 bits per heavy atom. The van der Waals surface area contributed by atoms with Crippen molar-refractivity contribution in [3.63, 3.8) is 0 Å². The number of rotatable bonds is 0. The molecule has 0 fully saturated rings. The first-order valence-corrected chi connectivity index (χ1v) is 4.62. The van der Waals surface area contributed by atoms with Gasteiger partial charge in [0.15, 0.2) is 0 Å². The minimum Gasteiger partial charge on any atom is -0.508 e. The minimum absolute atomic E-state index is 0.0146. The van der Waals surface area contributed by atoms with Gasteiger partial charge >= 0.3 is 0 Å². The van der Waals surface area contributed by atoms with Crippen LogP contribution in [-0.2, 0) is 5.41 Å². The van der Waals surface area contributed by atoms with E-state index < -0.39 is 0 Å². The lowest BCUT2D eigenvalue weighted by atomic mass is 9.81. The van der Waals surface area contributed by atoms with Crippen LogP contribution < -0.4 is 5.32 Å². The molecule has 0 saturated carbocycles. The molecular weight excluding hydrogens is 162 g/mol. The van der Waals surface area contributed by atoms with Crippen LogP contribution in [0.1, 0.15) is 26.3 Å². The van der Waals surface area contributed by atoms with Gasteiger partial charge in [0, 0.05) is 22.7 Å². The second-order valence-electron chi connectivity index (χ2n) is 4.29. The average Bonchev–Trinajstić information content (AvgIpc) is 2.24. The van der Waals surface area contributed by atoms with E-state index in [9.17, 15) is 5.11 Å². The molecule has 0 aromatic heterocycles. The minimum atomic E-state index is 0.0146. The van der Waals surface area contributed by atoms with Gasteiger partial charge in [-0.2, -0.15) is 0 Å². The summed E-state index contributed by atoms with van der Waals surface area (Å²) in [6.45, 7) is 6.44. The molecule has 2 rings (SSSR count). The van der Waals surface area contributed by atoms with E-state index in [1.54, 1.807) is 6.07 Å². The van der Waals surface area contributed by atoms with Gasteiger partial charge in [0.1, 0.15) is 5.75 Å². The largest absolute Gasteiger partial charge is 0.508 e. The molecular formula is C11H15NO. The maximum absolute atomic E-state index is 9.74. The Kier molecular flexibility index (Phi) is 1.56. The maximum atomic E-state index is 9.74. The molecule has 2 heteroatoms. The van der Waals surface area contributed by atoms with Crippen molar-refractivity contribution in [3.8, 4) is 5.75 Å². The lowest BCUT2D eigenvalue weighted by molar-refractivity contribution is 0.427. The average molecular weight is 177 g/mol. The number of hydrogen-bond acceptors (Lipinski definition) is 2. The van der Waals surface area contributed by atoms with Crippen molar-refractivity contribution in [2.45, 2.75) is 32.2 Å². The van der Waals surface area contributed by atoms with Crippen LogP contribution in [0.5, 0.6) is 5.75 Å². The predicted octanol–water partition coefficient (Wildman–Crippen LogP) is 2.48. The number of nitrogens with one attached hydrogen (secondary N) is 1. The van der Waals surface area contributed by atoms with E-state index in [1.807, 2.05) is 12.1 Å². The van der Waals surface area contributed by atoms with Crippen molar-refractivity contribution in [1.82, 2.24) is 0 Å². The molecule has 0 aliphatic carbocycles. The van der Waals surface area contributed by atoms with Crippen LogP contribution in [-0.4, -0.2) is 11.1 Å². The number of phenolic OH excluding ortho intramolecular Hbond substituents is 1. The molecule has 0 saturated heterocycles. The van der Waals surface area contributed by atoms with E-state index in [-0.39, 0.29) is 5.41 Å². The lowest BCUT2D eigenvalue weighted by Crippen LogP contribution is -2.29. The van der Waals surface area contributed by atoms with E-state index in [0.29, 0.717) is 11.8 Å². The molecule has 13 heavy (non-hydrogen) atoms. The second-order valence-corrected chi connectivity index (χ2v) is 4.29. The zero-order valence-corrected chi connectivity index (χ0v) is 8.26. The van der Waals surface area contributed by atoms with Gasteiger partial charge in [-0.3, -0.25) is 0 Å². The summed E-state index contributed by atoms with van der Waals surface area (Å²) in [6.07, 6.45) is 0. The van der Waals surface area contributed by atoms with Crippen molar-refractivity contribution in [2.75, 3.05) is 5.32 Å². The predicted molar refractivity (Wildman–Crippen MR) is 54.2 cm³/mol. The molecule has 0 radical (unpaired) electrons. The van der Waals surface area contributed by atoms with Gasteiger partial charge in [-0.05, 0) is 19.1 Å². The molecule has 1 aromatic carbocycles. The molecule has 2 N–H and O–H groups in total. The molecule has 0 amide bonds. The fraction of sp³-hybridized carbons (Fsp3) is 0.455. The number of aromatic hydroxyl groups is 1. The van der Waals surface area contributed by atoms with Crippen LogP contribution in [0.25, 0.3) is 0 Å². The van der Waals surface area contributed by atoms with Gasteiger partial charge in [0.2, 0.25) is 0 Å². The van der Waals surface area contributed by atoms with Crippen LogP contribution >= 0.6 is 0 Å². The third-order valence-corrected chi connectivity index (χ3v) is 3.14. The summed E-state index contributed by atoms with van der Waals surface area (Å²) in [6, 6.07) is 6.01. The smallest absolute Gasteiger partial charge is 0.121 e. The Hall–Kier alpha value is -1.18. The molecule has 70 valence electrons. The highest BCUT2D eigenvalue weighted by atomic mass is 16.3. The summed E-state index contributed by atoms with van der Waals surface area (Å²) in [5.41, 5.74) is 2.13. The number of benzene rings is 1. The highest BCUT2D eigenvalue weighted by molar-refractivity contribution is 5.66. The van der Waals surface area contributed by atoms with Gasteiger partial charge in [0.25, 0.3) is 0 Å². The molecule has 1 aromatic rings. The van der Waals surface area contributed by atoms with Crippen molar-refractivity contribution in [1.29, 1.82) is 0 Å². The van der Waals surface area contributed by atoms with Crippen LogP contribution in [0.15, 0.2) is 18.2 Å². The molecule has 0 spiro atoms. The van der Waals surface area contributed by atoms with E-state index in [1.165, 1.54) is 0 Å². The zero-order valence-electron chi connectivity index (χ0n) is 8.26. The summed E-state index contributed by atoms with van der Waals surface area (Å²) in [4.78, 5) is 0. The summed E-state index contributed by atoms with van der Waals surface area (Å²) >= 11 is 0. The number of phenols is 1. The van der Waals surface area contributed by atoms with Crippen molar-refractivity contribution >= 4 is 5.69 Å². The Balaban J connectivity index is 2.63. The normalized spacial score (nSPS) is 23.8. The first-order chi connectivity index (χ1) is 6.03. The topological polar surface area (TPSA) is 32.3 Å². The Labute approximate surface area is 78.6 Å². The molecule has 2 nitrogen and oxygen atoms in total. The Morgan fingerprint density at radius 3 is 2.69 bits per heavy atom. The molecule has 0 bridgehead atoms. The van der Waals surface area contributed by atoms with Crippen molar-refractivity contribution in [2.24, 2.45) is 0 Å². The zero-order chi connectivity index (χ0) is 9.64. The van der Waals surface area contributed by atoms with Gasteiger partial charge in [-0.15, -0.1) is 0 Å². The van der Waals surface area contributed by atoms with Gasteiger partial charge in [-0.1, -0.05) is 19.9 Å². The van der Waals surface area contributed by atoms with E-state index in [2.05, 4.69) is 26.1 Å². The standard InChI is InChI=1S/C11H15NO/c1-7-11(2,3)10-8(12-7)5-4-6-9(10)13/h4-7,12-13H,1-3H3. The number of anilines is 1. The molecule has 1 aliphatic heterocycles. The second kappa shape index (κ2) is 2.41. The Morgan fingerprint density at radius 2 is 2.08 bits per heavy atom. The lowest BCUT2D eigenvalue weighted by Gasteiger charge is -2.24. The third kappa shape index (κ3) is 1.01. The van der Waals surface area contributed by atoms with Crippen LogP contribution in [0.3, 0.4) is 0 Å². The molecule has 1 unspecified atom stereocenters.